The number of rotatable bonds is 7. The van der Waals surface area contributed by atoms with Gasteiger partial charge in [0.25, 0.3) is 0 Å². The van der Waals surface area contributed by atoms with Crippen molar-refractivity contribution in [2.24, 2.45) is 5.73 Å². The number of hydrogen-bond donors (Lipinski definition) is 1. The predicted octanol–water partition coefficient (Wildman–Crippen LogP) is 4.05. The first-order chi connectivity index (χ1) is 8.99. The number of benzene rings is 1. The summed E-state index contributed by atoms with van der Waals surface area (Å²) in [6.07, 6.45) is 2.30. The highest BCUT2D eigenvalue weighted by Crippen LogP contribution is 2.28. The number of hydrogen-bond acceptors (Lipinski definition) is 2. The normalized spacial score (nSPS) is 13.6. The van der Waals surface area contributed by atoms with Gasteiger partial charge < -0.3 is 10.5 Å². The maximum atomic E-state index is 13.3. The van der Waals surface area contributed by atoms with Crippen LogP contribution < -0.4 is 5.73 Å². The minimum Gasteiger partial charge on any atom is -0.374 e. The molecule has 1 unspecified atom stereocenters. The summed E-state index contributed by atoms with van der Waals surface area (Å²) in [6.45, 7) is 6.78. The Hall–Kier alpha value is -0.450. The third-order valence-electron chi connectivity index (χ3n) is 3.75. The topological polar surface area (TPSA) is 35.2 Å². The number of halogens is 2. The Balaban J connectivity index is 2.92. The van der Waals surface area contributed by atoms with E-state index in [1.807, 2.05) is 6.92 Å². The molecule has 2 N–H and O–H groups in total. The molecular weight excluding hydrogens is 309 g/mol. The van der Waals surface area contributed by atoms with E-state index in [1.54, 1.807) is 6.07 Å². The second-order valence-electron chi connectivity index (χ2n) is 4.75. The van der Waals surface area contributed by atoms with Crippen LogP contribution in [0.2, 0.25) is 0 Å². The Morgan fingerprint density at radius 2 is 1.95 bits per heavy atom. The third-order valence-corrected chi connectivity index (χ3v) is 4.53. The van der Waals surface area contributed by atoms with Crippen molar-refractivity contribution in [1.29, 1.82) is 0 Å². The Labute approximate surface area is 123 Å². The summed E-state index contributed by atoms with van der Waals surface area (Å²) < 4.78 is 20.1. The summed E-state index contributed by atoms with van der Waals surface area (Å²) in [4.78, 5) is 0. The maximum absolute atomic E-state index is 13.3. The molecule has 0 heterocycles. The van der Waals surface area contributed by atoms with Crippen LogP contribution in [0.15, 0.2) is 22.7 Å². The van der Waals surface area contributed by atoms with E-state index >= 15 is 0 Å². The van der Waals surface area contributed by atoms with Gasteiger partial charge in [-0.2, -0.15) is 0 Å². The van der Waals surface area contributed by atoms with Crippen molar-refractivity contribution in [3.8, 4) is 0 Å². The lowest BCUT2D eigenvalue weighted by atomic mass is 9.85. The molecule has 108 valence electrons. The van der Waals surface area contributed by atoms with Crippen LogP contribution >= 0.6 is 15.9 Å². The Morgan fingerprint density at radius 3 is 2.47 bits per heavy atom. The Kier molecular flexibility index (Phi) is 6.43. The number of nitrogens with two attached hydrogens (primary N) is 1. The standard InChI is InChI=1S/C15H23BrFNO/c1-4-15(5-2,19-6-3)14(18)10-11-9-12(17)7-8-13(11)16/h7-9,14H,4-6,10,18H2,1-3H3. The van der Waals surface area contributed by atoms with Crippen molar-refractivity contribution < 1.29 is 9.13 Å². The molecule has 0 aliphatic rings. The molecule has 0 amide bonds. The minimum absolute atomic E-state index is 0.152. The lowest BCUT2D eigenvalue weighted by Crippen LogP contribution is -2.50. The van der Waals surface area contributed by atoms with Crippen molar-refractivity contribution in [3.63, 3.8) is 0 Å². The molecule has 0 saturated heterocycles. The van der Waals surface area contributed by atoms with Gasteiger partial charge in [0, 0.05) is 17.1 Å². The van der Waals surface area contributed by atoms with E-state index < -0.39 is 0 Å². The van der Waals surface area contributed by atoms with Gasteiger partial charge in [0.2, 0.25) is 0 Å². The molecule has 1 aromatic rings. The van der Waals surface area contributed by atoms with Crippen LogP contribution in [0, 0.1) is 5.82 Å². The van der Waals surface area contributed by atoms with Crippen LogP contribution in [-0.4, -0.2) is 18.2 Å². The Morgan fingerprint density at radius 1 is 1.32 bits per heavy atom. The fourth-order valence-electron chi connectivity index (χ4n) is 2.50. The van der Waals surface area contributed by atoms with Gasteiger partial charge in [0.15, 0.2) is 0 Å². The lowest BCUT2D eigenvalue weighted by Gasteiger charge is -2.37. The zero-order chi connectivity index (χ0) is 14.5. The molecule has 0 saturated carbocycles. The van der Waals surface area contributed by atoms with E-state index in [9.17, 15) is 4.39 Å². The summed E-state index contributed by atoms with van der Waals surface area (Å²) in [6, 6.07) is 4.54. The van der Waals surface area contributed by atoms with Crippen LogP contribution in [0.4, 0.5) is 4.39 Å². The summed E-state index contributed by atoms with van der Waals surface area (Å²) >= 11 is 3.45. The van der Waals surface area contributed by atoms with E-state index in [0.29, 0.717) is 13.0 Å². The largest absolute Gasteiger partial charge is 0.374 e. The van der Waals surface area contributed by atoms with Gasteiger partial charge in [0.1, 0.15) is 5.82 Å². The predicted molar refractivity (Wildman–Crippen MR) is 80.7 cm³/mol. The fraction of sp³-hybridized carbons (Fsp3) is 0.600. The highest BCUT2D eigenvalue weighted by atomic mass is 79.9. The molecule has 0 radical (unpaired) electrons. The highest BCUT2D eigenvalue weighted by Gasteiger charge is 2.34. The molecule has 0 aliphatic carbocycles. The van der Waals surface area contributed by atoms with Crippen molar-refractivity contribution in [2.45, 2.75) is 51.7 Å². The molecular formula is C15H23BrFNO. The van der Waals surface area contributed by atoms with Gasteiger partial charge in [-0.1, -0.05) is 29.8 Å². The smallest absolute Gasteiger partial charge is 0.123 e. The second-order valence-corrected chi connectivity index (χ2v) is 5.61. The average molecular weight is 332 g/mol. The van der Waals surface area contributed by atoms with E-state index in [2.05, 4.69) is 29.8 Å². The first-order valence-electron chi connectivity index (χ1n) is 6.82. The fourth-order valence-corrected chi connectivity index (χ4v) is 2.90. The van der Waals surface area contributed by atoms with Gasteiger partial charge in [-0.15, -0.1) is 0 Å². The second kappa shape index (κ2) is 7.36. The summed E-state index contributed by atoms with van der Waals surface area (Å²) in [5.41, 5.74) is 6.90. The molecule has 19 heavy (non-hydrogen) atoms. The van der Waals surface area contributed by atoms with E-state index in [4.69, 9.17) is 10.5 Å². The zero-order valence-corrected chi connectivity index (χ0v) is 13.5. The van der Waals surface area contributed by atoms with Gasteiger partial charge >= 0.3 is 0 Å². The van der Waals surface area contributed by atoms with Crippen molar-refractivity contribution in [3.05, 3.63) is 34.1 Å². The van der Waals surface area contributed by atoms with Gasteiger partial charge in [-0.25, -0.2) is 4.39 Å². The summed E-state index contributed by atoms with van der Waals surface area (Å²) in [7, 11) is 0. The van der Waals surface area contributed by atoms with Crippen LogP contribution in [0.3, 0.4) is 0 Å². The molecule has 1 atom stereocenters. The molecule has 1 rings (SSSR count). The first-order valence-corrected chi connectivity index (χ1v) is 7.61. The van der Waals surface area contributed by atoms with E-state index in [0.717, 1.165) is 22.9 Å². The third kappa shape index (κ3) is 4.01. The molecule has 0 aliphatic heterocycles. The molecule has 0 spiro atoms. The molecule has 4 heteroatoms. The number of ether oxygens (including phenoxy) is 1. The maximum Gasteiger partial charge on any atom is 0.123 e. The monoisotopic (exact) mass is 331 g/mol. The summed E-state index contributed by atoms with van der Waals surface area (Å²) in [5.74, 6) is -0.236. The van der Waals surface area contributed by atoms with Crippen LogP contribution in [0.1, 0.15) is 39.2 Å². The van der Waals surface area contributed by atoms with Crippen LogP contribution in [-0.2, 0) is 11.2 Å². The van der Waals surface area contributed by atoms with Gasteiger partial charge in [0.05, 0.1) is 5.60 Å². The van der Waals surface area contributed by atoms with Gasteiger partial charge in [-0.3, -0.25) is 0 Å². The van der Waals surface area contributed by atoms with Gasteiger partial charge in [-0.05, 0) is 49.9 Å². The molecule has 0 bridgehead atoms. The molecule has 0 fully saturated rings. The van der Waals surface area contributed by atoms with Crippen molar-refractivity contribution >= 4 is 15.9 Å². The van der Waals surface area contributed by atoms with E-state index in [1.165, 1.54) is 12.1 Å². The highest BCUT2D eigenvalue weighted by molar-refractivity contribution is 9.10. The zero-order valence-electron chi connectivity index (χ0n) is 11.9. The van der Waals surface area contributed by atoms with Crippen LogP contribution in [0.25, 0.3) is 0 Å². The lowest BCUT2D eigenvalue weighted by molar-refractivity contribution is -0.0633. The molecule has 1 aromatic carbocycles. The summed E-state index contributed by atoms with van der Waals surface area (Å²) in [5, 5.41) is 0. The molecule has 2 nitrogen and oxygen atoms in total. The van der Waals surface area contributed by atoms with E-state index in [-0.39, 0.29) is 17.5 Å². The van der Waals surface area contributed by atoms with Crippen molar-refractivity contribution in [1.82, 2.24) is 0 Å². The van der Waals surface area contributed by atoms with Crippen LogP contribution in [0.5, 0.6) is 0 Å². The quantitative estimate of drug-likeness (QED) is 0.817. The first kappa shape index (κ1) is 16.6. The average Bonchev–Trinajstić information content (AvgIpc) is 2.40. The molecule has 0 aromatic heterocycles. The van der Waals surface area contributed by atoms with Crippen molar-refractivity contribution in [2.75, 3.05) is 6.61 Å². The minimum atomic E-state index is -0.333. The Bertz CT molecular complexity index is 407. The SMILES string of the molecule is CCOC(CC)(CC)C(N)Cc1cc(F)ccc1Br.